The highest BCUT2D eigenvalue weighted by molar-refractivity contribution is 6.43. The average Bonchev–Trinajstić information content (AvgIpc) is 2.46. The van der Waals surface area contributed by atoms with Crippen molar-refractivity contribution in [1.82, 2.24) is 0 Å². The Morgan fingerprint density at radius 2 is 1.95 bits per heavy atom. The van der Waals surface area contributed by atoms with Crippen LogP contribution in [-0.4, -0.2) is 18.2 Å². The first-order chi connectivity index (χ1) is 10.1. The van der Waals surface area contributed by atoms with Gasteiger partial charge in [0, 0.05) is 17.9 Å². The van der Waals surface area contributed by atoms with E-state index >= 15 is 0 Å². The molecule has 0 aliphatic carbocycles. The van der Waals surface area contributed by atoms with Gasteiger partial charge in [-0.1, -0.05) is 6.92 Å². The highest BCUT2D eigenvalue weighted by Crippen LogP contribution is 2.20. The van der Waals surface area contributed by atoms with Gasteiger partial charge in [-0.05, 0) is 31.5 Å². The molecule has 0 radical (unpaired) electrons. The van der Waals surface area contributed by atoms with E-state index in [9.17, 15) is 14.4 Å². The molecule has 0 saturated carbocycles. The molecule has 0 fully saturated rings. The maximum absolute atomic E-state index is 11.9. The lowest BCUT2D eigenvalue weighted by molar-refractivity contribution is -0.115. The molecule has 1 aromatic heterocycles. The summed E-state index contributed by atoms with van der Waals surface area (Å²) >= 11 is 0. The number of carbonyl (C=O) groups is 2. The summed E-state index contributed by atoms with van der Waals surface area (Å²) in [4.78, 5) is 35.4. The van der Waals surface area contributed by atoms with Crippen LogP contribution in [0.3, 0.4) is 0 Å². The summed E-state index contributed by atoms with van der Waals surface area (Å²) in [5.41, 5.74) is -0.693. The molecule has 110 valence electrons. The molecule has 0 aliphatic heterocycles. The van der Waals surface area contributed by atoms with Gasteiger partial charge in [0.05, 0.1) is 6.61 Å². The maximum atomic E-state index is 11.9. The lowest BCUT2D eigenvalue weighted by atomic mass is 10.0. The van der Waals surface area contributed by atoms with E-state index in [0.717, 1.165) is 0 Å². The first-order valence-electron chi connectivity index (χ1n) is 6.85. The number of carbonyl (C=O) groups excluding carboxylic acids is 2. The van der Waals surface area contributed by atoms with Gasteiger partial charge < -0.3 is 9.15 Å². The van der Waals surface area contributed by atoms with Gasteiger partial charge in [-0.3, -0.25) is 9.59 Å². The molecule has 1 heterocycles. The Bertz CT molecular complexity index is 742. The Kier molecular flexibility index (Phi) is 4.52. The summed E-state index contributed by atoms with van der Waals surface area (Å²) < 4.78 is 10.4. The lowest BCUT2D eigenvalue weighted by Gasteiger charge is -2.05. The first kappa shape index (κ1) is 15.0. The zero-order valence-corrected chi connectivity index (χ0v) is 12.0. The number of fused-ring (bicyclic) bond motifs is 1. The molecule has 1 aromatic carbocycles. The predicted octanol–water partition coefficient (Wildman–Crippen LogP) is 2.74. The van der Waals surface area contributed by atoms with Crippen molar-refractivity contribution in [3.63, 3.8) is 0 Å². The normalized spacial score (nSPS) is 10.6. The molecule has 2 aromatic rings. The van der Waals surface area contributed by atoms with Crippen molar-refractivity contribution in [3.8, 4) is 5.75 Å². The zero-order chi connectivity index (χ0) is 15.4. The van der Waals surface area contributed by atoms with Crippen LogP contribution in [0.4, 0.5) is 0 Å². The van der Waals surface area contributed by atoms with Gasteiger partial charge in [-0.25, -0.2) is 4.79 Å². The fourth-order valence-electron chi connectivity index (χ4n) is 2.00. The summed E-state index contributed by atoms with van der Waals surface area (Å²) in [5, 5.41) is 0.575. The third-order valence-corrected chi connectivity index (χ3v) is 2.99. The minimum absolute atomic E-state index is 0.125. The molecule has 0 atom stereocenters. The van der Waals surface area contributed by atoms with E-state index in [2.05, 4.69) is 0 Å². The van der Waals surface area contributed by atoms with Crippen molar-refractivity contribution in [2.45, 2.75) is 26.7 Å². The van der Waals surface area contributed by atoms with Crippen molar-refractivity contribution in [2.24, 2.45) is 0 Å². The molecular weight excluding hydrogens is 272 g/mol. The van der Waals surface area contributed by atoms with Gasteiger partial charge in [0.1, 0.15) is 16.9 Å². The number of ether oxygens (including phenoxy) is 1. The largest absolute Gasteiger partial charge is 0.494 e. The molecule has 0 unspecified atom stereocenters. The molecule has 0 bridgehead atoms. The molecule has 0 saturated heterocycles. The minimum atomic E-state index is -0.800. The number of rotatable bonds is 6. The van der Waals surface area contributed by atoms with Crippen molar-refractivity contribution >= 4 is 22.5 Å². The SMILES string of the molecule is CCCC(=O)C(=O)c1cc2ccc(OCC)cc2oc1=O. The Morgan fingerprint density at radius 1 is 1.19 bits per heavy atom. The van der Waals surface area contributed by atoms with Crippen molar-refractivity contribution in [2.75, 3.05) is 6.61 Å². The van der Waals surface area contributed by atoms with Crippen LogP contribution in [0.25, 0.3) is 11.0 Å². The maximum Gasteiger partial charge on any atom is 0.347 e. The van der Waals surface area contributed by atoms with Crippen molar-refractivity contribution in [1.29, 1.82) is 0 Å². The second kappa shape index (κ2) is 6.35. The fourth-order valence-corrected chi connectivity index (χ4v) is 2.00. The summed E-state index contributed by atoms with van der Waals surface area (Å²) in [7, 11) is 0. The molecule has 0 aliphatic rings. The second-order valence-electron chi connectivity index (χ2n) is 4.58. The number of ketones is 2. The van der Waals surface area contributed by atoms with Gasteiger partial charge in [-0.15, -0.1) is 0 Å². The molecule has 5 nitrogen and oxygen atoms in total. The molecule has 5 heteroatoms. The van der Waals surface area contributed by atoms with Gasteiger partial charge in [0.15, 0.2) is 0 Å². The quantitative estimate of drug-likeness (QED) is 0.464. The Morgan fingerprint density at radius 3 is 2.62 bits per heavy atom. The number of hydrogen-bond acceptors (Lipinski definition) is 5. The number of Topliss-reactive ketones (excluding diaryl/α,β-unsaturated/α-hetero) is 2. The van der Waals surface area contributed by atoms with Gasteiger partial charge >= 0.3 is 5.63 Å². The summed E-state index contributed by atoms with van der Waals surface area (Å²) in [5.74, 6) is -0.786. The Hall–Kier alpha value is -2.43. The smallest absolute Gasteiger partial charge is 0.347 e. The topological polar surface area (TPSA) is 73.6 Å². The van der Waals surface area contributed by atoms with Crippen molar-refractivity contribution in [3.05, 3.63) is 40.2 Å². The van der Waals surface area contributed by atoms with E-state index in [1.54, 1.807) is 25.1 Å². The van der Waals surface area contributed by atoms with E-state index in [4.69, 9.17) is 9.15 Å². The van der Waals surface area contributed by atoms with Crippen LogP contribution in [0, 0.1) is 0 Å². The molecule has 2 rings (SSSR count). The third-order valence-electron chi connectivity index (χ3n) is 2.99. The van der Waals surface area contributed by atoms with Crippen molar-refractivity contribution < 1.29 is 18.7 Å². The van der Waals surface area contributed by atoms with Crippen LogP contribution in [0.2, 0.25) is 0 Å². The third kappa shape index (κ3) is 3.18. The zero-order valence-electron chi connectivity index (χ0n) is 12.0. The van der Waals surface area contributed by atoms with Gasteiger partial charge in [0.2, 0.25) is 11.6 Å². The highest BCUT2D eigenvalue weighted by Gasteiger charge is 2.20. The summed E-state index contributed by atoms with van der Waals surface area (Å²) in [6.07, 6.45) is 0.681. The molecule has 0 amide bonds. The van der Waals surface area contributed by atoms with Crippen LogP contribution < -0.4 is 10.4 Å². The lowest BCUT2D eigenvalue weighted by Crippen LogP contribution is -2.21. The Labute approximate surface area is 121 Å². The monoisotopic (exact) mass is 288 g/mol. The van der Waals surface area contributed by atoms with Crippen LogP contribution in [0.1, 0.15) is 37.0 Å². The average molecular weight is 288 g/mol. The van der Waals surface area contributed by atoms with E-state index in [1.165, 1.54) is 6.07 Å². The number of benzene rings is 1. The molecule has 0 N–H and O–H groups in total. The second-order valence-corrected chi connectivity index (χ2v) is 4.58. The van der Waals surface area contributed by atoms with Crippen LogP contribution in [0.5, 0.6) is 5.75 Å². The number of hydrogen-bond donors (Lipinski definition) is 0. The molecule has 21 heavy (non-hydrogen) atoms. The van der Waals surface area contributed by atoms with Crippen LogP contribution in [0.15, 0.2) is 33.5 Å². The predicted molar refractivity (Wildman–Crippen MR) is 77.9 cm³/mol. The minimum Gasteiger partial charge on any atom is -0.494 e. The van der Waals surface area contributed by atoms with E-state index in [-0.39, 0.29) is 12.0 Å². The van der Waals surface area contributed by atoms with Gasteiger partial charge in [-0.2, -0.15) is 0 Å². The first-order valence-corrected chi connectivity index (χ1v) is 6.85. The van der Waals surface area contributed by atoms with E-state index in [0.29, 0.717) is 29.7 Å². The fraction of sp³-hybridized carbons (Fsp3) is 0.312. The van der Waals surface area contributed by atoms with E-state index in [1.807, 2.05) is 6.92 Å². The highest BCUT2D eigenvalue weighted by atomic mass is 16.5. The van der Waals surface area contributed by atoms with Crippen LogP contribution >= 0.6 is 0 Å². The van der Waals surface area contributed by atoms with E-state index < -0.39 is 17.2 Å². The van der Waals surface area contributed by atoms with Gasteiger partial charge in [0.25, 0.3) is 0 Å². The Balaban J connectivity index is 2.46. The molecular formula is C16H16O5. The van der Waals surface area contributed by atoms with Crippen LogP contribution in [-0.2, 0) is 4.79 Å². The molecule has 0 spiro atoms. The summed E-state index contributed by atoms with van der Waals surface area (Å²) in [6, 6.07) is 6.38. The summed E-state index contributed by atoms with van der Waals surface area (Å²) in [6.45, 7) is 4.14. The standard InChI is InChI=1S/C16H16O5/c1-3-5-13(17)15(18)12-8-10-6-7-11(20-4-2)9-14(10)21-16(12)19/h6-9H,3-5H2,1-2H3.